The highest BCUT2D eigenvalue weighted by Gasteiger charge is 2.29. The summed E-state index contributed by atoms with van der Waals surface area (Å²) in [6.45, 7) is 5.39. The average molecular weight is 366 g/mol. The zero-order chi connectivity index (χ0) is 14.8. The van der Waals surface area contributed by atoms with Gasteiger partial charge in [0.1, 0.15) is 11.9 Å². The van der Waals surface area contributed by atoms with Gasteiger partial charge in [-0.25, -0.2) is 0 Å². The van der Waals surface area contributed by atoms with Crippen molar-refractivity contribution in [1.82, 2.24) is 5.32 Å². The highest BCUT2D eigenvalue weighted by atomic mass is 79.9. The minimum atomic E-state index is 0.143. The van der Waals surface area contributed by atoms with Gasteiger partial charge in [-0.05, 0) is 48.0 Å². The van der Waals surface area contributed by atoms with Gasteiger partial charge in [0.05, 0.1) is 0 Å². The van der Waals surface area contributed by atoms with Crippen molar-refractivity contribution in [2.45, 2.75) is 38.8 Å². The summed E-state index contributed by atoms with van der Waals surface area (Å²) < 4.78 is 7.43. The van der Waals surface area contributed by atoms with Crippen LogP contribution in [0, 0.1) is 6.92 Å². The van der Waals surface area contributed by atoms with Gasteiger partial charge in [0.25, 0.3) is 0 Å². The summed E-state index contributed by atoms with van der Waals surface area (Å²) in [5.41, 5.74) is 1.29. The molecule has 2 unspecified atom stereocenters. The summed E-state index contributed by atoms with van der Waals surface area (Å²) in [5, 5.41) is 3.66. The first-order valence-electron chi connectivity index (χ1n) is 7.43. The quantitative estimate of drug-likeness (QED) is 0.784. The van der Waals surface area contributed by atoms with Gasteiger partial charge in [0, 0.05) is 32.3 Å². The van der Waals surface area contributed by atoms with E-state index in [0.29, 0.717) is 6.04 Å². The molecule has 112 valence electrons. The van der Waals surface area contributed by atoms with E-state index in [2.05, 4.69) is 59.4 Å². The van der Waals surface area contributed by atoms with E-state index in [9.17, 15) is 0 Å². The number of thiophene rings is 1. The van der Waals surface area contributed by atoms with E-state index in [4.69, 9.17) is 4.74 Å². The Hall–Kier alpha value is -0.840. The number of rotatable bonds is 4. The molecule has 1 aromatic carbocycles. The normalized spacial score (nSPS) is 20.9. The molecule has 0 aliphatic carbocycles. The third-order valence-electron chi connectivity index (χ3n) is 3.85. The van der Waals surface area contributed by atoms with E-state index in [-0.39, 0.29) is 6.10 Å². The van der Waals surface area contributed by atoms with Crippen molar-refractivity contribution in [3.8, 4) is 5.75 Å². The molecule has 0 saturated carbocycles. The standard InChI is InChI=1S/C17H20BrNOS/c1-3-8-19-14-10-16(17-9-13(18)11(2)21-17)20-15-7-5-4-6-12(14)15/h4-7,9,14,16,19H,3,8,10H2,1-2H3. The van der Waals surface area contributed by atoms with Crippen LogP contribution in [0.4, 0.5) is 0 Å². The van der Waals surface area contributed by atoms with Crippen molar-refractivity contribution in [3.05, 3.63) is 50.1 Å². The number of hydrogen-bond donors (Lipinski definition) is 1. The molecule has 0 radical (unpaired) electrons. The van der Waals surface area contributed by atoms with Gasteiger partial charge in [-0.15, -0.1) is 11.3 Å². The second-order valence-electron chi connectivity index (χ2n) is 5.44. The molecule has 1 N–H and O–H groups in total. The molecule has 2 heterocycles. The summed E-state index contributed by atoms with van der Waals surface area (Å²) in [7, 11) is 0. The van der Waals surface area contributed by atoms with Gasteiger partial charge in [0.2, 0.25) is 0 Å². The minimum absolute atomic E-state index is 0.143. The molecule has 4 heteroatoms. The molecule has 0 amide bonds. The van der Waals surface area contributed by atoms with Crippen LogP contribution in [0.5, 0.6) is 5.75 Å². The van der Waals surface area contributed by atoms with Crippen LogP contribution in [0.1, 0.15) is 47.2 Å². The van der Waals surface area contributed by atoms with Gasteiger partial charge in [-0.1, -0.05) is 25.1 Å². The van der Waals surface area contributed by atoms with Crippen molar-refractivity contribution < 1.29 is 4.74 Å². The lowest BCUT2D eigenvalue weighted by Crippen LogP contribution is -2.29. The topological polar surface area (TPSA) is 21.3 Å². The molecule has 21 heavy (non-hydrogen) atoms. The SMILES string of the molecule is CCCNC1CC(c2cc(Br)c(C)s2)Oc2ccccc21. The molecule has 2 aromatic rings. The van der Waals surface area contributed by atoms with Gasteiger partial charge >= 0.3 is 0 Å². The van der Waals surface area contributed by atoms with E-state index in [1.165, 1.54) is 19.8 Å². The van der Waals surface area contributed by atoms with Crippen molar-refractivity contribution in [1.29, 1.82) is 0 Å². The zero-order valence-electron chi connectivity index (χ0n) is 12.4. The average Bonchev–Trinajstić information content (AvgIpc) is 2.84. The Balaban J connectivity index is 1.89. The van der Waals surface area contributed by atoms with Gasteiger partial charge in [-0.2, -0.15) is 0 Å². The predicted molar refractivity (Wildman–Crippen MR) is 92.2 cm³/mol. The van der Waals surface area contributed by atoms with Crippen LogP contribution in [-0.4, -0.2) is 6.54 Å². The number of halogens is 1. The van der Waals surface area contributed by atoms with E-state index >= 15 is 0 Å². The van der Waals surface area contributed by atoms with E-state index in [1.54, 1.807) is 0 Å². The van der Waals surface area contributed by atoms with Crippen molar-refractivity contribution >= 4 is 27.3 Å². The molecule has 0 bridgehead atoms. The van der Waals surface area contributed by atoms with Gasteiger partial charge in [-0.3, -0.25) is 0 Å². The van der Waals surface area contributed by atoms with E-state index in [1.807, 2.05) is 17.4 Å². The molecule has 1 aromatic heterocycles. The molecule has 0 saturated heterocycles. The number of aryl methyl sites for hydroxylation is 1. The van der Waals surface area contributed by atoms with Crippen LogP contribution in [-0.2, 0) is 0 Å². The number of hydrogen-bond acceptors (Lipinski definition) is 3. The molecule has 2 nitrogen and oxygen atoms in total. The monoisotopic (exact) mass is 365 g/mol. The predicted octanol–water partition coefficient (Wildman–Crippen LogP) is 5.38. The van der Waals surface area contributed by atoms with Crippen LogP contribution in [0.25, 0.3) is 0 Å². The third kappa shape index (κ3) is 3.17. The zero-order valence-corrected chi connectivity index (χ0v) is 14.8. The van der Waals surface area contributed by atoms with E-state index in [0.717, 1.165) is 25.1 Å². The van der Waals surface area contributed by atoms with Crippen molar-refractivity contribution in [2.75, 3.05) is 6.54 Å². The van der Waals surface area contributed by atoms with Crippen molar-refractivity contribution in [2.24, 2.45) is 0 Å². The lowest BCUT2D eigenvalue weighted by Gasteiger charge is -2.32. The van der Waals surface area contributed by atoms with Crippen molar-refractivity contribution in [3.63, 3.8) is 0 Å². The molecular formula is C17H20BrNOS. The smallest absolute Gasteiger partial charge is 0.135 e. The Morgan fingerprint density at radius 3 is 2.90 bits per heavy atom. The Kier molecular flexibility index (Phi) is 4.67. The maximum Gasteiger partial charge on any atom is 0.135 e. The van der Waals surface area contributed by atoms with Crippen LogP contribution >= 0.6 is 27.3 Å². The highest BCUT2D eigenvalue weighted by Crippen LogP contribution is 2.43. The molecule has 1 aliphatic heterocycles. The number of ether oxygens (including phenoxy) is 1. The first-order valence-corrected chi connectivity index (χ1v) is 9.04. The third-order valence-corrected chi connectivity index (χ3v) is 6.08. The molecular weight excluding hydrogens is 346 g/mol. The molecule has 1 aliphatic rings. The van der Waals surface area contributed by atoms with Gasteiger partial charge < -0.3 is 10.1 Å². The Morgan fingerprint density at radius 2 is 2.19 bits per heavy atom. The summed E-state index contributed by atoms with van der Waals surface area (Å²) >= 11 is 5.43. The lowest BCUT2D eigenvalue weighted by atomic mass is 9.95. The maximum absolute atomic E-state index is 6.25. The molecule has 0 spiro atoms. The first-order chi connectivity index (χ1) is 10.2. The van der Waals surface area contributed by atoms with Gasteiger partial charge in [0.15, 0.2) is 0 Å². The Labute approximate surface area is 138 Å². The summed E-state index contributed by atoms with van der Waals surface area (Å²) in [6, 6.07) is 11.0. The molecule has 2 atom stereocenters. The van der Waals surface area contributed by atoms with Crippen LogP contribution < -0.4 is 10.1 Å². The number of fused-ring (bicyclic) bond motifs is 1. The highest BCUT2D eigenvalue weighted by molar-refractivity contribution is 9.10. The second kappa shape index (κ2) is 6.51. The summed E-state index contributed by atoms with van der Waals surface area (Å²) in [4.78, 5) is 2.61. The number of para-hydroxylation sites is 1. The molecule has 3 rings (SSSR count). The first kappa shape index (κ1) is 15.1. The maximum atomic E-state index is 6.25. The largest absolute Gasteiger partial charge is 0.484 e. The van der Waals surface area contributed by atoms with Crippen LogP contribution in [0.3, 0.4) is 0 Å². The fraction of sp³-hybridized carbons (Fsp3) is 0.412. The Morgan fingerprint density at radius 1 is 1.38 bits per heavy atom. The van der Waals surface area contributed by atoms with Crippen LogP contribution in [0.2, 0.25) is 0 Å². The van der Waals surface area contributed by atoms with Crippen LogP contribution in [0.15, 0.2) is 34.8 Å². The molecule has 0 fully saturated rings. The number of benzene rings is 1. The minimum Gasteiger partial charge on any atom is -0.484 e. The fourth-order valence-electron chi connectivity index (χ4n) is 2.74. The second-order valence-corrected chi connectivity index (χ2v) is 7.58. The summed E-state index contributed by atoms with van der Waals surface area (Å²) in [6.07, 6.45) is 2.28. The Bertz CT molecular complexity index is 606. The fourth-order valence-corrected chi connectivity index (χ4v) is 4.35. The number of nitrogens with one attached hydrogen (secondary N) is 1. The summed E-state index contributed by atoms with van der Waals surface area (Å²) in [5.74, 6) is 1.02. The van der Waals surface area contributed by atoms with E-state index < -0.39 is 0 Å². The lowest BCUT2D eigenvalue weighted by molar-refractivity contribution is 0.155.